The van der Waals surface area contributed by atoms with E-state index >= 15 is 0 Å². The summed E-state index contributed by atoms with van der Waals surface area (Å²) in [5.41, 5.74) is 3.56. The number of benzene rings is 1. The summed E-state index contributed by atoms with van der Waals surface area (Å²) >= 11 is 0. The highest BCUT2D eigenvalue weighted by atomic mass is 16.5. The summed E-state index contributed by atoms with van der Waals surface area (Å²) in [6, 6.07) is 10.0. The van der Waals surface area contributed by atoms with Gasteiger partial charge in [0.05, 0.1) is 12.1 Å². The molecule has 0 spiro atoms. The maximum Gasteiger partial charge on any atom is 0.210 e. The fraction of sp³-hybridized carbons (Fsp3) is 0.462. The second kappa shape index (κ2) is 6.37. The van der Waals surface area contributed by atoms with Gasteiger partial charge in [0.25, 0.3) is 0 Å². The molecule has 0 aliphatic heterocycles. The number of rotatable bonds is 3. The molecule has 0 radical (unpaired) electrons. The van der Waals surface area contributed by atoms with Gasteiger partial charge in [-0.1, -0.05) is 18.2 Å². The first-order chi connectivity index (χ1) is 8.83. The third kappa shape index (κ3) is 3.21. The molecule has 1 aromatic rings. The van der Waals surface area contributed by atoms with Crippen LogP contribution in [0.2, 0.25) is 0 Å². The minimum atomic E-state index is 0.178. The number of anilines is 1. The highest BCUT2D eigenvalue weighted by Crippen LogP contribution is 2.24. The van der Waals surface area contributed by atoms with E-state index in [2.05, 4.69) is 15.7 Å². The first kappa shape index (κ1) is 12.9. The van der Waals surface area contributed by atoms with Crippen LogP contribution in [-0.2, 0) is 4.74 Å². The third-order valence-electron chi connectivity index (χ3n) is 3.19. The van der Waals surface area contributed by atoms with Crippen LogP contribution in [0.5, 0.6) is 0 Å². The van der Waals surface area contributed by atoms with E-state index in [9.17, 15) is 0 Å². The lowest BCUT2D eigenvalue weighted by Crippen LogP contribution is -2.38. The summed E-state index contributed by atoms with van der Waals surface area (Å²) < 4.78 is 5.42. The second-order valence-corrected chi connectivity index (χ2v) is 4.39. The molecular formula is C13H20N4O. The van der Waals surface area contributed by atoms with Gasteiger partial charge in [0.1, 0.15) is 0 Å². The largest absolute Gasteiger partial charge is 0.379 e. The number of methoxy groups -OCH3 is 1. The van der Waals surface area contributed by atoms with Gasteiger partial charge >= 0.3 is 0 Å². The van der Waals surface area contributed by atoms with Crippen LogP contribution in [0.25, 0.3) is 0 Å². The van der Waals surface area contributed by atoms with E-state index in [1.165, 1.54) is 0 Å². The average molecular weight is 248 g/mol. The number of nitrogens with one attached hydrogen (secondary N) is 2. The molecule has 2 atom stereocenters. The molecule has 18 heavy (non-hydrogen) atoms. The lowest BCUT2D eigenvalue weighted by atomic mass is 10.2. The predicted molar refractivity (Wildman–Crippen MR) is 73.3 cm³/mol. The van der Waals surface area contributed by atoms with E-state index in [-0.39, 0.29) is 12.1 Å². The van der Waals surface area contributed by atoms with Crippen molar-refractivity contribution in [3.8, 4) is 0 Å². The quantitative estimate of drug-likeness (QED) is 0.328. The van der Waals surface area contributed by atoms with Crippen LogP contribution in [0, 0.1) is 0 Å². The van der Waals surface area contributed by atoms with Crippen molar-refractivity contribution in [2.45, 2.75) is 31.4 Å². The number of guanidine groups is 1. The molecule has 0 aromatic heterocycles. The summed E-state index contributed by atoms with van der Waals surface area (Å²) in [5.74, 6) is 6.08. The number of hydrogen-bond acceptors (Lipinski definition) is 3. The van der Waals surface area contributed by atoms with Crippen LogP contribution in [0.4, 0.5) is 5.69 Å². The number of para-hydroxylation sites is 1. The smallest absolute Gasteiger partial charge is 0.210 e. The van der Waals surface area contributed by atoms with Gasteiger partial charge in [-0.3, -0.25) is 5.43 Å². The number of ether oxygens (including phenoxy) is 1. The minimum absolute atomic E-state index is 0.178. The Kier molecular flexibility index (Phi) is 4.55. The van der Waals surface area contributed by atoms with E-state index in [0.29, 0.717) is 5.96 Å². The lowest BCUT2D eigenvalue weighted by molar-refractivity contribution is 0.0965. The minimum Gasteiger partial charge on any atom is -0.379 e. The SMILES string of the molecule is COC1CCCC1N=C(NN)Nc1ccccc1. The van der Waals surface area contributed by atoms with Crippen LogP contribution in [0.1, 0.15) is 19.3 Å². The highest BCUT2D eigenvalue weighted by molar-refractivity contribution is 5.93. The summed E-state index contributed by atoms with van der Waals surface area (Å²) in [6.45, 7) is 0. The van der Waals surface area contributed by atoms with E-state index in [4.69, 9.17) is 10.6 Å². The molecule has 2 unspecified atom stereocenters. The van der Waals surface area contributed by atoms with Gasteiger partial charge in [-0.2, -0.15) is 0 Å². The summed E-state index contributed by atoms with van der Waals surface area (Å²) in [7, 11) is 1.73. The molecule has 1 saturated carbocycles. The van der Waals surface area contributed by atoms with Crippen molar-refractivity contribution in [3.05, 3.63) is 30.3 Å². The van der Waals surface area contributed by atoms with E-state index in [1.54, 1.807) is 7.11 Å². The standard InChI is InChI=1S/C13H20N4O/c1-18-12-9-5-8-11(12)16-13(17-14)15-10-6-3-2-4-7-10/h2-4,6-7,11-12H,5,8-9,14H2,1H3,(H2,15,16,17). The Bertz CT molecular complexity index is 393. The van der Waals surface area contributed by atoms with E-state index in [0.717, 1.165) is 24.9 Å². The maximum atomic E-state index is 5.50. The molecule has 1 fully saturated rings. The van der Waals surface area contributed by atoms with Crippen molar-refractivity contribution in [2.24, 2.45) is 10.8 Å². The van der Waals surface area contributed by atoms with Crippen LogP contribution in [0.3, 0.4) is 0 Å². The number of nitrogens with two attached hydrogens (primary N) is 1. The zero-order valence-electron chi connectivity index (χ0n) is 10.6. The molecule has 0 heterocycles. The molecular weight excluding hydrogens is 228 g/mol. The van der Waals surface area contributed by atoms with Crippen LogP contribution in [0.15, 0.2) is 35.3 Å². The zero-order chi connectivity index (χ0) is 12.8. The fourth-order valence-corrected chi connectivity index (χ4v) is 2.26. The molecule has 1 aliphatic rings. The Morgan fingerprint density at radius 1 is 1.33 bits per heavy atom. The van der Waals surface area contributed by atoms with Gasteiger partial charge in [0.15, 0.2) is 0 Å². The second-order valence-electron chi connectivity index (χ2n) is 4.39. The van der Waals surface area contributed by atoms with Crippen molar-refractivity contribution < 1.29 is 4.74 Å². The highest BCUT2D eigenvalue weighted by Gasteiger charge is 2.27. The molecule has 1 aromatic carbocycles. The van der Waals surface area contributed by atoms with Gasteiger partial charge in [0, 0.05) is 12.8 Å². The van der Waals surface area contributed by atoms with Crippen molar-refractivity contribution in [3.63, 3.8) is 0 Å². The average Bonchev–Trinajstić information content (AvgIpc) is 2.86. The Morgan fingerprint density at radius 2 is 2.11 bits per heavy atom. The molecule has 1 aliphatic carbocycles. The van der Waals surface area contributed by atoms with Crippen LogP contribution >= 0.6 is 0 Å². The first-order valence-electron chi connectivity index (χ1n) is 6.22. The van der Waals surface area contributed by atoms with Gasteiger partial charge in [-0.25, -0.2) is 10.8 Å². The number of hydrazine groups is 1. The van der Waals surface area contributed by atoms with Crippen molar-refractivity contribution in [1.29, 1.82) is 0 Å². The van der Waals surface area contributed by atoms with Crippen LogP contribution in [-0.4, -0.2) is 25.2 Å². The Morgan fingerprint density at radius 3 is 2.78 bits per heavy atom. The van der Waals surface area contributed by atoms with Gasteiger partial charge < -0.3 is 10.1 Å². The van der Waals surface area contributed by atoms with E-state index in [1.807, 2.05) is 30.3 Å². The molecule has 4 N–H and O–H groups in total. The zero-order valence-corrected chi connectivity index (χ0v) is 10.6. The van der Waals surface area contributed by atoms with E-state index < -0.39 is 0 Å². The molecule has 5 heteroatoms. The predicted octanol–water partition coefficient (Wildman–Crippen LogP) is 1.49. The molecule has 0 bridgehead atoms. The Labute approximate surface area is 107 Å². The molecule has 0 amide bonds. The molecule has 2 rings (SSSR count). The van der Waals surface area contributed by atoms with Gasteiger partial charge in [0.2, 0.25) is 5.96 Å². The number of aliphatic imine (C=N–C) groups is 1. The fourth-order valence-electron chi connectivity index (χ4n) is 2.26. The van der Waals surface area contributed by atoms with Crippen LogP contribution < -0.4 is 16.6 Å². The maximum absolute atomic E-state index is 5.50. The van der Waals surface area contributed by atoms with Crippen molar-refractivity contribution in [2.75, 3.05) is 12.4 Å². The molecule has 5 nitrogen and oxygen atoms in total. The summed E-state index contributed by atoms with van der Waals surface area (Å²) in [6.07, 6.45) is 3.45. The summed E-state index contributed by atoms with van der Waals surface area (Å²) in [4.78, 5) is 4.59. The van der Waals surface area contributed by atoms with Gasteiger partial charge in [-0.05, 0) is 31.4 Å². The number of hydrogen-bond donors (Lipinski definition) is 3. The Balaban J connectivity index is 2.04. The topological polar surface area (TPSA) is 71.7 Å². The molecule has 98 valence electrons. The summed E-state index contributed by atoms with van der Waals surface area (Å²) in [5, 5.41) is 3.16. The normalized spacial score (nSPS) is 24.0. The lowest BCUT2D eigenvalue weighted by Gasteiger charge is -2.16. The Hall–Kier alpha value is -1.59. The molecule has 0 saturated heterocycles. The monoisotopic (exact) mass is 248 g/mol. The number of nitrogens with zero attached hydrogens (tertiary/aromatic N) is 1. The van der Waals surface area contributed by atoms with Crippen molar-refractivity contribution >= 4 is 11.6 Å². The van der Waals surface area contributed by atoms with Gasteiger partial charge in [-0.15, -0.1) is 0 Å². The first-order valence-corrected chi connectivity index (χ1v) is 6.22. The third-order valence-corrected chi connectivity index (χ3v) is 3.19. The van der Waals surface area contributed by atoms with Crippen molar-refractivity contribution in [1.82, 2.24) is 5.43 Å².